The lowest BCUT2D eigenvalue weighted by atomic mass is 9.98. The smallest absolute Gasteiger partial charge is 0.408 e. The van der Waals surface area contributed by atoms with Crippen LogP contribution in [0.3, 0.4) is 0 Å². The molecule has 0 aromatic carbocycles. The van der Waals surface area contributed by atoms with Gasteiger partial charge in [0.1, 0.15) is 17.7 Å². The Balaban J connectivity index is 2.49. The highest BCUT2D eigenvalue weighted by Gasteiger charge is 2.28. The van der Waals surface area contributed by atoms with E-state index < -0.39 is 36.1 Å². The van der Waals surface area contributed by atoms with Crippen molar-refractivity contribution in [3.8, 4) is 0 Å². The van der Waals surface area contributed by atoms with E-state index in [1.54, 1.807) is 20.8 Å². The van der Waals surface area contributed by atoms with Crippen LogP contribution < -0.4 is 5.32 Å². The van der Waals surface area contributed by atoms with Gasteiger partial charge in [-0.3, -0.25) is 4.79 Å². The zero-order chi connectivity index (χ0) is 18.2. The molecule has 1 aliphatic carbocycles. The van der Waals surface area contributed by atoms with E-state index in [2.05, 4.69) is 5.32 Å². The van der Waals surface area contributed by atoms with Gasteiger partial charge in [-0.1, -0.05) is 19.3 Å². The number of carbonyl (C=O) groups is 3. The quantitative estimate of drug-likeness (QED) is 0.744. The van der Waals surface area contributed by atoms with Crippen molar-refractivity contribution in [1.82, 2.24) is 5.32 Å². The number of ether oxygens (including phenoxy) is 2. The Morgan fingerprint density at radius 3 is 2.12 bits per heavy atom. The minimum atomic E-state index is -1.36. The molecule has 0 aliphatic heterocycles. The van der Waals surface area contributed by atoms with E-state index >= 15 is 0 Å². The van der Waals surface area contributed by atoms with Crippen LogP contribution in [-0.2, 0) is 19.1 Å². The largest absolute Gasteiger partial charge is 0.480 e. The van der Waals surface area contributed by atoms with Gasteiger partial charge < -0.3 is 19.9 Å². The number of carboxylic acid groups (broad SMARTS) is 1. The fraction of sp³-hybridized carbons (Fsp3) is 0.824. The Morgan fingerprint density at radius 2 is 1.62 bits per heavy atom. The maximum atomic E-state index is 12.0. The third-order valence-electron chi connectivity index (χ3n) is 3.71. The summed E-state index contributed by atoms with van der Waals surface area (Å²) in [7, 11) is 0. The summed E-state index contributed by atoms with van der Waals surface area (Å²) in [6.07, 6.45) is 5.67. The Bertz CT molecular complexity index is 435. The number of carbonyl (C=O) groups excluding carboxylic acids is 2. The van der Waals surface area contributed by atoms with Gasteiger partial charge >= 0.3 is 18.0 Å². The average Bonchev–Trinajstić information content (AvgIpc) is 2.38. The molecular formula is C17H29NO6. The van der Waals surface area contributed by atoms with Crippen LogP contribution in [0.25, 0.3) is 0 Å². The summed E-state index contributed by atoms with van der Waals surface area (Å²) in [4.78, 5) is 34.9. The van der Waals surface area contributed by atoms with Gasteiger partial charge in [-0.05, 0) is 46.5 Å². The van der Waals surface area contributed by atoms with Crippen LogP contribution in [0.5, 0.6) is 0 Å². The zero-order valence-electron chi connectivity index (χ0n) is 14.8. The van der Waals surface area contributed by atoms with E-state index in [0.29, 0.717) is 0 Å². The fourth-order valence-corrected chi connectivity index (χ4v) is 2.59. The van der Waals surface area contributed by atoms with E-state index in [1.807, 2.05) is 0 Å². The molecule has 0 heterocycles. The molecule has 0 aromatic heterocycles. The number of hydrogen-bond donors (Lipinski definition) is 2. The van der Waals surface area contributed by atoms with Crippen molar-refractivity contribution in [2.45, 2.75) is 89.9 Å². The number of alkyl carbamates (subject to hydrolysis) is 1. The van der Waals surface area contributed by atoms with E-state index in [4.69, 9.17) is 9.47 Å². The first-order valence-corrected chi connectivity index (χ1v) is 8.59. The van der Waals surface area contributed by atoms with Crippen LogP contribution in [-0.4, -0.2) is 40.9 Å². The summed E-state index contributed by atoms with van der Waals surface area (Å²) >= 11 is 0. The summed E-state index contributed by atoms with van der Waals surface area (Å²) in [5.74, 6) is -1.90. The van der Waals surface area contributed by atoms with Crippen molar-refractivity contribution in [2.24, 2.45) is 0 Å². The summed E-state index contributed by atoms with van der Waals surface area (Å²) < 4.78 is 10.4. The van der Waals surface area contributed by atoms with Gasteiger partial charge in [-0.25, -0.2) is 9.59 Å². The Morgan fingerprint density at radius 1 is 1.08 bits per heavy atom. The number of esters is 1. The normalized spacial score (nSPS) is 18.0. The van der Waals surface area contributed by atoms with Crippen LogP contribution in [0.4, 0.5) is 4.79 Å². The average molecular weight is 343 g/mol. The van der Waals surface area contributed by atoms with Crippen molar-refractivity contribution in [3.63, 3.8) is 0 Å². The SMILES string of the molecule is CC(C)(C)OC(=O)N[C@@H](CC(=O)OC1CCCCCCC1)C(=O)O. The van der Waals surface area contributed by atoms with E-state index in [9.17, 15) is 19.5 Å². The number of amides is 1. The summed E-state index contributed by atoms with van der Waals surface area (Å²) in [5.41, 5.74) is -0.744. The van der Waals surface area contributed by atoms with Gasteiger partial charge in [0.05, 0.1) is 6.42 Å². The van der Waals surface area contributed by atoms with Crippen molar-refractivity contribution >= 4 is 18.0 Å². The number of rotatable bonds is 5. The third-order valence-corrected chi connectivity index (χ3v) is 3.71. The lowest BCUT2D eigenvalue weighted by molar-refractivity contribution is -0.154. The zero-order valence-corrected chi connectivity index (χ0v) is 14.8. The van der Waals surface area contributed by atoms with E-state index in [0.717, 1.165) is 38.5 Å². The molecule has 24 heavy (non-hydrogen) atoms. The molecule has 1 amide bonds. The highest BCUT2D eigenvalue weighted by Crippen LogP contribution is 2.20. The predicted molar refractivity (Wildman–Crippen MR) is 87.6 cm³/mol. The standard InChI is InChI=1S/C17H29NO6/c1-17(2,3)24-16(22)18-13(15(20)21)11-14(19)23-12-9-7-5-4-6-8-10-12/h12-13H,4-11H2,1-3H3,(H,18,22)(H,20,21)/t13-/m0/s1. The van der Waals surface area contributed by atoms with Crippen LogP contribution >= 0.6 is 0 Å². The van der Waals surface area contributed by atoms with Crippen LogP contribution in [0, 0.1) is 0 Å². The number of carboxylic acids is 1. The Labute approximate surface area is 143 Å². The van der Waals surface area contributed by atoms with E-state index in [-0.39, 0.29) is 6.10 Å². The fourth-order valence-electron chi connectivity index (χ4n) is 2.59. The molecular weight excluding hydrogens is 314 g/mol. The summed E-state index contributed by atoms with van der Waals surface area (Å²) in [6, 6.07) is -1.36. The molecule has 7 nitrogen and oxygen atoms in total. The second-order valence-electron chi connectivity index (χ2n) is 7.20. The molecule has 0 aromatic rings. The second kappa shape index (κ2) is 9.49. The highest BCUT2D eigenvalue weighted by atomic mass is 16.6. The van der Waals surface area contributed by atoms with Crippen molar-refractivity contribution in [1.29, 1.82) is 0 Å². The minimum absolute atomic E-state index is 0.159. The van der Waals surface area contributed by atoms with Crippen LogP contribution in [0.15, 0.2) is 0 Å². The second-order valence-corrected chi connectivity index (χ2v) is 7.20. The molecule has 1 aliphatic rings. The molecule has 0 spiro atoms. The lowest BCUT2D eigenvalue weighted by Gasteiger charge is -2.23. The molecule has 1 saturated carbocycles. The van der Waals surface area contributed by atoms with Crippen molar-refractivity contribution in [3.05, 3.63) is 0 Å². The van der Waals surface area contributed by atoms with E-state index in [1.165, 1.54) is 6.42 Å². The van der Waals surface area contributed by atoms with Gasteiger partial charge in [0.2, 0.25) is 0 Å². The summed E-state index contributed by atoms with van der Waals surface area (Å²) in [5, 5.41) is 11.4. The molecule has 138 valence electrons. The molecule has 0 unspecified atom stereocenters. The van der Waals surface area contributed by atoms with Gasteiger partial charge in [-0.2, -0.15) is 0 Å². The number of nitrogens with one attached hydrogen (secondary N) is 1. The maximum absolute atomic E-state index is 12.0. The third kappa shape index (κ3) is 8.74. The molecule has 0 radical (unpaired) electrons. The monoisotopic (exact) mass is 343 g/mol. The topological polar surface area (TPSA) is 102 Å². The van der Waals surface area contributed by atoms with Crippen LogP contribution in [0.1, 0.15) is 72.1 Å². The minimum Gasteiger partial charge on any atom is -0.480 e. The Hall–Kier alpha value is -1.79. The first kappa shape index (κ1) is 20.3. The first-order chi connectivity index (χ1) is 11.2. The molecule has 1 rings (SSSR count). The number of hydrogen-bond acceptors (Lipinski definition) is 5. The first-order valence-electron chi connectivity index (χ1n) is 8.59. The molecule has 1 atom stereocenters. The predicted octanol–water partition coefficient (Wildman–Crippen LogP) is 3.01. The highest BCUT2D eigenvalue weighted by molar-refractivity contribution is 5.85. The van der Waals surface area contributed by atoms with Gasteiger partial charge in [0.15, 0.2) is 0 Å². The molecule has 2 N–H and O–H groups in total. The van der Waals surface area contributed by atoms with Gasteiger partial charge in [0, 0.05) is 0 Å². The molecule has 0 bridgehead atoms. The van der Waals surface area contributed by atoms with Crippen molar-refractivity contribution < 1.29 is 29.0 Å². The number of aliphatic carboxylic acids is 1. The molecule has 0 saturated heterocycles. The summed E-state index contributed by atoms with van der Waals surface area (Å²) in [6.45, 7) is 5.02. The molecule has 7 heteroatoms. The van der Waals surface area contributed by atoms with Gasteiger partial charge in [0.25, 0.3) is 0 Å². The van der Waals surface area contributed by atoms with Gasteiger partial charge in [-0.15, -0.1) is 0 Å². The Kier molecular flexibility index (Phi) is 8.01. The lowest BCUT2D eigenvalue weighted by Crippen LogP contribution is -2.45. The van der Waals surface area contributed by atoms with Crippen LogP contribution in [0.2, 0.25) is 0 Å². The maximum Gasteiger partial charge on any atom is 0.408 e. The molecule has 1 fully saturated rings. The van der Waals surface area contributed by atoms with Crippen molar-refractivity contribution in [2.75, 3.05) is 0 Å².